The Bertz CT molecular complexity index is 791. The van der Waals surface area contributed by atoms with Crippen LogP contribution in [0.25, 0.3) is 10.9 Å². The van der Waals surface area contributed by atoms with E-state index in [1.807, 2.05) is 12.1 Å². The second-order valence-corrected chi connectivity index (χ2v) is 4.54. The highest BCUT2D eigenvalue weighted by Crippen LogP contribution is 2.24. The Morgan fingerprint density at radius 2 is 1.67 bits per heavy atom. The van der Waals surface area contributed by atoms with E-state index in [9.17, 15) is 4.79 Å². The van der Waals surface area contributed by atoms with Gasteiger partial charge in [-0.05, 0) is 42.5 Å². The Hall–Kier alpha value is -2.82. The maximum Gasteiger partial charge on any atom is 0.213 e. The highest BCUT2D eigenvalue weighted by atomic mass is 16.5. The van der Waals surface area contributed by atoms with Crippen molar-refractivity contribution >= 4 is 16.7 Å². The number of carbonyl (C=O) groups excluding carboxylic acids is 1. The molecule has 0 spiro atoms. The first kappa shape index (κ1) is 13.2. The first-order chi connectivity index (χ1) is 10.2. The largest absolute Gasteiger partial charge is 0.497 e. The van der Waals surface area contributed by atoms with E-state index >= 15 is 0 Å². The molecule has 1 aromatic heterocycles. The lowest BCUT2D eigenvalue weighted by Gasteiger charge is -2.02. The highest BCUT2D eigenvalue weighted by molar-refractivity contribution is 6.14. The van der Waals surface area contributed by atoms with Crippen molar-refractivity contribution in [3.05, 3.63) is 53.7 Å². The van der Waals surface area contributed by atoms with E-state index in [0.717, 1.165) is 10.9 Å². The molecule has 5 heteroatoms. The van der Waals surface area contributed by atoms with Gasteiger partial charge in [0.1, 0.15) is 17.2 Å². The van der Waals surface area contributed by atoms with Crippen LogP contribution < -0.4 is 9.47 Å². The average molecular weight is 282 g/mol. The molecule has 1 heterocycles. The van der Waals surface area contributed by atoms with Crippen molar-refractivity contribution in [1.29, 1.82) is 0 Å². The molecule has 3 rings (SSSR count). The number of methoxy groups -OCH3 is 2. The summed E-state index contributed by atoms with van der Waals surface area (Å²) in [7, 11) is 3.18. The van der Waals surface area contributed by atoms with E-state index < -0.39 is 0 Å². The number of aromatic amines is 1. The molecule has 106 valence electrons. The third-order valence-corrected chi connectivity index (χ3v) is 3.34. The van der Waals surface area contributed by atoms with Crippen LogP contribution in [0, 0.1) is 0 Å². The molecule has 0 aliphatic carbocycles. The van der Waals surface area contributed by atoms with Gasteiger partial charge in [-0.15, -0.1) is 0 Å². The summed E-state index contributed by atoms with van der Waals surface area (Å²) in [5, 5.41) is 7.74. The zero-order chi connectivity index (χ0) is 14.8. The Morgan fingerprint density at radius 1 is 1.00 bits per heavy atom. The zero-order valence-electron chi connectivity index (χ0n) is 11.7. The number of benzene rings is 2. The first-order valence-electron chi connectivity index (χ1n) is 6.44. The minimum atomic E-state index is -0.142. The molecule has 0 saturated heterocycles. The van der Waals surface area contributed by atoms with Crippen molar-refractivity contribution in [2.75, 3.05) is 14.2 Å². The fraction of sp³-hybridized carbons (Fsp3) is 0.125. The minimum absolute atomic E-state index is 0.142. The van der Waals surface area contributed by atoms with Crippen molar-refractivity contribution in [2.24, 2.45) is 0 Å². The van der Waals surface area contributed by atoms with Crippen LogP contribution in [0.15, 0.2) is 42.5 Å². The maximum atomic E-state index is 12.6. The topological polar surface area (TPSA) is 64.2 Å². The monoisotopic (exact) mass is 282 g/mol. The van der Waals surface area contributed by atoms with Crippen LogP contribution in [0.5, 0.6) is 11.5 Å². The third-order valence-electron chi connectivity index (χ3n) is 3.34. The van der Waals surface area contributed by atoms with Crippen LogP contribution in [0.4, 0.5) is 0 Å². The van der Waals surface area contributed by atoms with E-state index in [2.05, 4.69) is 10.2 Å². The van der Waals surface area contributed by atoms with Gasteiger partial charge in [0.15, 0.2) is 0 Å². The standard InChI is InChI=1S/C16H14N2O3/c1-20-11-5-3-10(4-6-11)16(19)15-13-9-12(21-2)7-8-14(13)17-18-15/h3-9H,1-2H3,(H,17,18). The number of rotatable bonds is 4. The average Bonchev–Trinajstić information content (AvgIpc) is 2.97. The van der Waals surface area contributed by atoms with E-state index in [1.54, 1.807) is 44.6 Å². The Balaban J connectivity index is 2.04. The van der Waals surface area contributed by atoms with Crippen molar-refractivity contribution in [3.63, 3.8) is 0 Å². The Labute approximate surface area is 121 Å². The number of nitrogens with one attached hydrogen (secondary N) is 1. The summed E-state index contributed by atoms with van der Waals surface area (Å²) in [6.45, 7) is 0. The summed E-state index contributed by atoms with van der Waals surface area (Å²) >= 11 is 0. The molecule has 2 aromatic carbocycles. The van der Waals surface area contributed by atoms with Crippen LogP contribution in [0.1, 0.15) is 16.1 Å². The highest BCUT2D eigenvalue weighted by Gasteiger charge is 2.16. The quantitative estimate of drug-likeness (QED) is 0.747. The van der Waals surface area contributed by atoms with Gasteiger partial charge in [0, 0.05) is 10.9 Å². The van der Waals surface area contributed by atoms with Gasteiger partial charge >= 0.3 is 0 Å². The normalized spacial score (nSPS) is 10.6. The van der Waals surface area contributed by atoms with E-state index in [0.29, 0.717) is 22.8 Å². The fourth-order valence-electron chi connectivity index (χ4n) is 2.17. The molecular weight excluding hydrogens is 268 g/mol. The lowest BCUT2D eigenvalue weighted by atomic mass is 10.1. The van der Waals surface area contributed by atoms with E-state index in [4.69, 9.17) is 9.47 Å². The zero-order valence-corrected chi connectivity index (χ0v) is 11.7. The van der Waals surface area contributed by atoms with Gasteiger partial charge in [0.25, 0.3) is 0 Å². The predicted octanol–water partition coefficient (Wildman–Crippen LogP) is 2.81. The number of H-pyrrole nitrogens is 1. The van der Waals surface area contributed by atoms with Gasteiger partial charge in [-0.3, -0.25) is 9.89 Å². The minimum Gasteiger partial charge on any atom is -0.497 e. The fourth-order valence-corrected chi connectivity index (χ4v) is 2.17. The Kier molecular flexibility index (Phi) is 3.31. The molecule has 0 radical (unpaired) electrons. The van der Waals surface area contributed by atoms with Gasteiger partial charge in [-0.25, -0.2) is 0 Å². The number of nitrogens with zero attached hydrogens (tertiary/aromatic N) is 1. The SMILES string of the molecule is COc1ccc(C(=O)c2n[nH]c3ccc(OC)cc23)cc1. The summed E-state index contributed by atoms with van der Waals surface area (Å²) in [4.78, 5) is 12.6. The van der Waals surface area contributed by atoms with Gasteiger partial charge < -0.3 is 9.47 Å². The molecular formula is C16H14N2O3. The molecule has 0 unspecified atom stereocenters. The van der Waals surface area contributed by atoms with E-state index in [-0.39, 0.29) is 5.78 Å². The molecule has 0 fully saturated rings. The maximum absolute atomic E-state index is 12.6. The van der Waals surface area contributed by atoms with Crippen molar-refractivity contribution in [3.8, 4) is 11.5 Å². The second-order valence-electron chi connectivity index (χ2n) is 4.54. The molecule has 0 saturated carbocycles. The number of ether oxygens (including phenoxy) is 2. The van der Waals surface area contributed by atoms with Gasteiger partial charge in [-0.1, -0.05) is 0 Å². The number of fused-ring (bicyclic) bond motifs is 1. The van der Waals surface area contributed by atoms with Crippen LogP contribution in [0.3, 0.4) is 0 Å². The van der Waals surface area contributed by atoms with Crippen LogP contribution in [-0.2, 0) is 0 Å². The van der Waals surface area contributed by atoms with Crippen LogP contribution in [0.2, 0.25) is 0 Å². The summed E-state index contributed by atoms with van der Waals surface area (Å²) in [6, 6.07) is 12.4. The summed E-state index contributed by atoms with van der Waals surface area (Å²) in [6.07, 6.45) is 0. The lowest BCUT2D eigenvalue weighted by molar-refractivity contribution is 0.103. The van der Waals surface area contributed by atoms with Gasteiger partial charge in [-0.2, -0.15) is 5.10 Å². The molecule has 0 amide bonds. The molecule has 1 N–H and O–H groups in total. The molecule has 0 bridgehead atoms. The van der Waals surface area contributed by atoms with Crippen molar-refractivity contribution in [1.82, 2.24) is 10.2 Å². The predicted molar refractivity (Wildman–Crippen MR) is 79.1 cm³/mol. The Morgan fingerprint density at radius 3 is 2.33 bits per heavy atom. The molecule has 0 aliphatic heterocycles. The van der Waals surface area contributed by atoms with Crippen molar-refractivity contribution < 1.29 is 14.3 Å². The second kappa shape index (κ2) is 5.28. The van der Waals surface area contributed by atoms with Gasteiger partial charge in [0.2, 0.25) is 5.78 Å². The molecule has 21 heavy (non-hydrogen) atoms. The van der Waals surface area contributed by atoms with Crippen LogP contribution in [-0.4, -0.2) is 30.2 Å². The summed E-state index contributed by atoms with van der Waals surface area (Å²) in [5.74, 6) is 1.25. The molecule has 3 aromatic rings. The smallest absolute Gasteiger partial charge is 0.213 e. The number of carbonyl (C=O) groups is 1. The molecule has 5 nitrogen and oxygen atoms in total. The first-order valence-corrected chi connectivity index (χ1v) is 6.44. The summed E-state index contributed by atoms with van der Waals surface area (Å²) < 4.78 is 10.3. The molecule has 0 aliphatic rings. The number of hydrogen-bond donors (Lipinski definition) is 1. The lowest BCUT2D eigenvalue weighted by Crippen LogP contribution is -2.02. The number of aromatic nitrogens is 2. The van der Waals surface area contributed by atoms with E-state index in [1.165, 1.54) is 0 Å². The van der Waals surface area contributed by atoms with Crippen molar-refractivity contribution in [2.45, 2.75) is 0 Å². The number of ketones is 1. The summed E-state index contributed by atoms with van der Waals surface area (Å²) in [5.41, 5.74) is 1.74. The van der Waals surface area contributed by atoms with Crippen LogP contribution >= 0.6 is 0 Å². The third kappa shape index (κ3) is 2.33. The van der Waals surface area contributed by atoms with Gasteiger partial charge in [0.05, 0.1) is 19.7 Å². The molecule has 0 atom stereocenters. The number of hydrogen-bond acceptors (Lipinski definition) is 4.